The topological polar surface area (TPSA) is 109 Å². The van der Waals surface area contributed by atoms with Crippen molar-refractivity contribution in [1.82, 2.24) is 30.4 Å². The summed E-state index contributed by atoms with van der Waals surface area (Å²) in [6, 6.07) is 3.83. The maximum absolute atomic E-state index is 11.3. The van der Waals surface area contributed by atoms with Crippen molar-refractivity contribution in [3.63, 3.8) is 0 Å². The van der Waals surface area contributed by atoms with Crippen LogP contribution in [0.15, 0.2) is 24.5 Å². The molecule has 128 valence electrons. The van der Waals surface area contributed by atoms with E-state index in [-0.39, 0.29) is 0 Å². The molecule has 4 aromatic heterocycles. The second-order valence-corrected chi connectivity index (χ2v) is 6.39. The Bertz CT molecular complexity index is 1060. The highest BCUT2D eigenvalue weighted by molar-refractivity contribution is 14.1. The fourth-order valence-electron chi connectivity index (χ4n) is 2.26. The van der Waals surface area contributed by atoms with Crippen LogP contribution in [0, 0.1) is 17.5 Å². The number of ether oxygens (including phenoxy) is 1. The summed E-state index contributed by atoms with van der Waals surface area (Å²) in [5, 5.41) is 15.4. The molecule has 0 unspecified atom stereocenters. The second kappa shape index (κ2) is 7.13. The van der Waals surface area contributed by atoms with Gasteiger partial charge in [-0.1, -0.05) is 0 Å². The fourth-order valence-corrected chi connectivity index (χ4v) is 2.81. The lowest BCUT2D eigenvalue weighted by atomic mass is 10.2. The van der Waals surface area contributed by atoms with Crippen LogP contribution in [-0.2, 0) is 4.74 Å². The van der Waals surface area contributed by atoms with Crippen LogP contribution >= 0.6 is 22.6 Å². The Hall–Kier alpha value is -2.56. The van der Waals surface area contributed by atoms with Crippen molar-refractivity contribution in [2.75, 3.05) is 7.11 Å². The molecule has 25 heavy (non-hydrogen) atoms. The molecule has 0 amide bonds. The third-order valence-corrected chi connectivity index (χ3v) is 4.32. The summed E-state index contributed by atoms with van der Waals surface area (Å²) in [7, 11) is 1.33. The number of halogens is 1. The molecule has 0 aliphatic rings. The maximum Gasteiger partial charge on any atom is 0.359 e. The minimum Gasteiger partial charge on any atom is -0.464 e. The standard InChI is InChI=1S/C9H9N3O2.C7H6IN3/c1-5-3-6-7(4-10-5)11-12-8(6)9(13)14-2;1-4-2-5-6(3-9-4)10-11-7(5)8/h3-4H,1-2H3,(H,11,12);2-3H,1H3,(H,10,11). The number of rotatable bonds is 1. The highest BCUT2D eigenvalue weighted by atomic mass is 127. The Morgan fingerprint density at radius 3 is 2.44 bits per heavy atom. The quantitative estimate of drug-likeness (QED) is 0.341. The van der Waals surface area contributed by atoms with Gasteiger partial charge in [-0.25, -0.2) is 4.79 Å². The third-order valence-electron chi connectivity index (χ3n) is 3.49. The van der Waals surface area contributed by atoms with Crippen LogP contribution in [0.1, 0.15) is 21.9 Å². The summed E-state index contributed by atoms with van der Waals surface area (Å²) in [5.74, 6) is -0.443. The number of esters is 1. The lowest BCUT2D eigenvalue weighted by molar-refractivity contribution is 0.0596. The summed E-state index contributed by atoms with van der Waals surface area (Å²) in [5.41, 5.74) is 3.82. The number of aromatic amines is 2. The Morgan fingerprint density at radius 2 is 1.72 bits per heavy atom. The van der Waals surface area contributed by atoms with Crippen molar-refractivity contribution in [3.8, 4) is 0 Å². The number of aryl methyl sites for hydroxylation is 2. The van der Waals surface area contributed by atoms with Gasteiger partial charge in [0, 0.05) is 22.2 Å². The molecule has 0 aliphatic carbocycles. The number of methoxy groups -OCH3 is 1. The number of hydrogen-bond acceptors (Lipinski definition) is 6. The van der Waals surface area contributed by atoms with Crippen molar-refractivity contribution in [3.05, 3.63) is 45.3 Å². The smallest absolute Gasteiger partial charge is 0.359 e. The Labute approximate surface area is 156 Å². The van der Waals surface area contributed by atoms with Crippen molar-refractivity contribution in [2.45, 2.75) is 13.8 Å². The van der Waals surface area contributed by atoms with Crippen LogP contribution in [0.25, 0.3) is 21.8 Å². The van der Waals surface area contributed by atoms with E-state index in [0.29, 0.717) is 5.69 Å². The predicted octanol–water partition coefficient (Wildman–Crippen LogP) is 2.92. The van der Waals surface area contributed by atoms with Crippen molar-refractivity contribution in [2.24, 2.45) is 0 Å². The second-order valence-electron chi connectivity index (χ2n) is 5.32. The number of nitrogens with one attached hydrogen (secondary N) is 2. The molecule has 4 rings (SSSR count). The van der Waals surface area contributed by atoms with Crippen LogP contribution in [0.5, 0.6) is 0 Å². The van der Waals surface area contributed by atoms with Crippen LogP contribution in [0.2, 0.25) is 0 Å². The van der Waals surface area contributed by atoms with E-state index in [9.17, 15) is 4.79 Å². The highest BCUT2D eigenvalue weighted by Gasteiger charge is 2.14. The minimum absolute atomic E-state index is 0.299. The molecule has 0 aliphatic heterocycles. The van der Waals surface area contributed by atoms with Gasteiger partial charge >= 0.3 is 5.97 Å². The number of fused-ring (bicyclic) bond motifs is 2. The molecular weight excluding hydrogens is 435 g/mol. The summed E-state index contributed by atoms with van der Waals surface area (Å²) < 4.78 is 5.67. The van der Waals surface area contributed by atoms with Gasteiger partial charge in [-0.3, -0.25) is 20.2 Å². The van der Waals surface area contributed by atoms with E-state index in [4.69, 9.17) is 0 Å². The molecule has 4 aromatic rings. The van der Waals surface area contributed by atoms with E-state index in [1.165, 1.54) is 7.11 Å². The highest BCUT2D eigenvalue weighted by Crippen LogP contribution is 2.17. The van der Waals surface area contributed by atoms with Gasteiger partial charge in [0.2, 0.25) is 0 Å². The molecular formula is C16H15IN6O2. The number of nitrogens with zero attached hydrogens (tertiary/aromatic N) is 4. The number of carbonyl (C=O) groups is 1. The third kappa shape index (κ3) is 3.60. The molecule has 0 saturated heterocycles. The summed E-state index contributed by atoms with van der Waals surface area (Å²) >= 11 is 2.22. The molecule has 2 N–H and O–H groups in total. The molecule has 4 heterocycles. The number of hydrogen-bond donors (Lipinski definition) is 2. The Kier molecular flexibility index (Phi) is 4.93. The summed E-state index contributed by atoms with van der Waals surface area (Å²) in [6.07, 6.45) is 3.42. The molecule has 0 bridgehead atoms. The lowest BCUT2D eigenvalue weighted by Gasteiger charge is -1.95. The average Bonchev–Trinajstić information content (AvgIpc) is 3.18. The molecule has 9 heteroatoms. The van der Waals surface area contributed by atoms with Crippen molar-refractivity contribution >= 4 is 50.4 Å². The van der Waals surface area contributed by atoms with Crippen molar-refractivity contribution in [1.29, 1.82) is 0 Å². The van der Waals surface area contributed by atoms with Gasteiger partial charge in [-0.2, -0.15) is 10.2 Å². The van der Waals surface area contributed by atoms with E-state index < -0.39 is 5.97 Å². The largest absolute Gasteiger partial charge is 0.464 e. The normalized spacial score (nSPS) is 10.6. The Balaban J connectivity index is 0.000000150. The molecule has 0 spiro atoms. The maximum atomic E-state index is 11.3. The van der Waals surface area contributed by atoms with Gasteiger partial charge in [0.1, 0.15) is 9.22 Å². The fraction of sp³-hybridized carbons (Fsp3) is 0.188. The zero-order valence-electron chi connectivity index (χ0n) is 13.8. The van der Waals surface area contributed by atoms with E-state index in [1.54, 1.807) is 18.5 Å². The van der Waals surface area contributed by atoms with E-state index in [2.05, 4.69) is 57.7 Å². The first-order valence-corrected chi connectivity index (χ1v) is 8.42. The van der Waals surface area contributed by atoms with Crippen LogP contribution in [-0.4, -0.2) is 43.4 Å². The molecule has 0 aromatic carbocycles. The SMILES string of the molecule is COC(=O)c1n[nH]c2cnc(C)cc12.Cc1cc2c(I)[nH]nc2cn1. The van der Waals surface area contributed by atoms with E-state index in [1.807, 2.05) is 19.9 Å². The van der Waals surface area contributed by atoms with Gasteiger partial charge in [0.15, 0.2) is 5.69 Å². The van der Waals surface area contributed by atoms with Crippen LogP contribution in [0.4, 0.5) is 0 Å². The zero-order valence-corrected chi connectivity index (χ0v) is 16.0. The average molecular weight is 450 g/mol. The van der Waals surface area contributed by atoms with E-state index in [0.717, 1.165) is 36.9 Å². The van der Waals surface area contributed by atoms with Crippen LogP contribution in [0.3, 0.4) is 0 Å². The molecule has 0 atom stereocenters. The predicted molar refractivity (Wildman–Crippen MR) is 101 cm³/mol. The van der Waals surface area contributed by atoms with Gasteiger partial charge in [-0.15, -0.1) is 0 Å². The van der Waals surface area contributed by atoms with Gasteiger partial charge in [0.25, 0.3) is 0 Å². The first kappa shape index (κ1) is 17.3. The summed E-state index contributed by atoms with van der Waals surface area (Å²) in [4.78, 5) is 19.5. The van der Waals surface area contributed by atoms with Gasteiger partial charge < -0.3 is 4.74 Å². The molecule has 0 radical (unpaired) electrons. The lowest BCUT2D eigenvalue weighted by Crippen LogP contribution is -2.02. The zero-order chi connectivity index (χ0) is 18.0. The molecule has 0 saturated carbocycles. The first-order valence-electron chi connectivity index (χ1n) is 7.35. The molecule has 8 nitrogen and oxygen atoms in total. The number of aromatic nitrogens is 6. The minimum atomic E-state index is -0.443. The number of carbonyl (C=O) groups excluding carboxylic acids is 1. The van der Waals surface area contributed by atoms with Gasteiger partial charge in [0.05, 0.1) is 25.0 Å². The van der Waals surface area contributed by atoms with Crippen LogP contribution < -0.4 is 0 Å². The Morgan fingerprint density at radius 1 is 1.04 bits per heavy atom. The van der Waals surface area contributed by atoms with Gasteiger partial charge in [-0.05, 0) is 48.6 Å². The number of pyridine rings is 2. The summed E-state index contributed by atoms with van der Waals surface area (Å²) in [6.45, 7) is 3.83. The van der Waals surface area contributed by atoms with Crippen molar-refractivity contribution < 1.29 is 9.53 Å². The van der Waals surface area contributed by atoms with E-state index >= 15 is 0 Å². The molecule has 0 fully saturated rings. The monoisotopic (exact) mass is 450 g/mol. The first-order chi connectivity index (χ1) is 12.0. The number of H-pyrrole nitrogens is 2.